The first-order valence-corrected chi connectivity index (χ1v) is 5.18. The number of aromatic nitrogens is 4. The van der Waals surface area contributed by atoms with Crippen LogP contribution in [0, 0.1) is 0 Å². The van der Waals surface area contributed by atoms with Crippen molar-refractivity contribution in [1.82, 2.24) is 19.6 Å². The van der Waals surface area contributed by atoms with Gasteiger partial charge in [0.05, 0.1) is 19.8 Å². The van der Waals surface area contributed by atoms with E-state index in [-0.39, 0.29) is 5.82 Å². The van der Waals surface area contributed by atoms with Crippen LogP contribution in [0.5, 0.6) is 0 Å². The van der Waals surface area contributed by atoms with Gasteiger partial charge in [-0.15, -0.1) is 0 Å². The number of aliphatic hydroxyl groups excluding tert-OH is 3. The van der Waals surface area contributed by atoms with Crippen molar-refractivity contribution in [3.8, 4) is 0 Å². The molecule has 0 bridgehead atoms. The van der Waals surface area contributed by atoms with Crippen LogP contribution in [0.1, 0.15) is 0 Å². The molecule has 0 aromatic carbocycles. The van der Waals surface area contributed by atoms with Gasteiger partial charge in [-0.3, -0.25) is 0 Å². The highest BCUT2D eigenvalue weighted by Gasteiger charge is 2.28. The Balaban J connectivity index is 2.34. The predicted octanol–water partition coefficient (Wildman–Crippen LogP) is -2.45. The monoisotopic (exact) mass is 255 g/mol. The molecule has 0 amide bonds. The van der Waals surface area contributed by atoms with Crippen LogP contribution in [0.2, 0.25) is 0 Å². The fourth-order valence-electron chi connectivity index (χ4n) is 1.42. The number of aromatic amines is 1. The second-order valence-electron chi connectivity index (χ2n) is 3.91. The minimum absolute atomic E-state index is 0.277. The fraction of sp³-hybridized carbons (Fsp3) is 0.444. The molecule has 5 N–H and O–H groups in total. The van der Waals surface area contributed by atoms with Crippen molar-refractivity contribution in [1.29, 1.82) is 0 Å². The Morgan fingerprint density at radius 2 is 2.00 bits per heavy atom. The van der Waals surface area contributed by atoms with Gasteiger partial charge in [-0.25, -0.2) is 19.3 Å². The summed E-state index contributed by atoms with van der Waals surface area (Å²) in [6.07, 6.45) is 1.25. The first-order valence-electron chi connectivity index (χ1n) is 5.18. The average Bonchev–Trinajstić information content (AvgIpc) is 2.77. The molecule has 2 aromatic rings. The topological polar surface area (TPSA) is 136 Å². The minimum Gasteiger partial charge on any atom is -0.394 e. The number of aliphatic hydroxyl groups is 3. The molecular weight excluding hydrogens is 242 g/mol. The molecule has 9 nitrogen and oxygen atoms in total. The van der Waals surface area contributed by atoms with Gasteiger partial charge >= 0.3 is 5.69 Å². The molecule has 0 atom stereocenters. The Kier molecular flexibility index (Phi) is 3.28. The van der Waals surface area contributed by atoms with E-state index in [0.717, 1.165) is 0 Å². The molecule has 0 unspecified atom stereocenters. The van der Waals surface area contributed by atoms with Crippen molar-refractivity contribution >= 4 is 11.5 Å². The van der Waals surface area contributed by atoms with Crippen molar-refractivity contribution in [2.24, 2.45) is 0 Å². The third kappa shape index (κ3) is 2.06. The van der Waals surface area contributed by atoms with E-state index < -0.39 is 31.0 Å². The van der Waals surface area contributed by atoms with E-state index in [1.165, 1.54) is 16.8 Å². The van der Waals surface area contributed by atoms with Gasteiger partial charge in [-0.2, -0.15) is 5.10 Å². The number of fused-ring (bicyclic) bond motifs is 1. The fourth-order valence-corrected chi connectivity index (χ4v) is 1.42. The van der Waals surface area contributed by atoms with Crippen LogP contribution in [0.15, 0.2) is 17.2 Å². The Morgan fingerprint density at radius 1 is 1.33 bits per heavy atom. The zero-order chi connectivity index (χ0) is 13.2. The summed E-state index contributed by atoms with van der Waals surface area (Å²) < 4.78 is 1.20. The van der Waals surface area contributed by atoms with E-state index >= 15 is 0 Å². The number of hydrogen-bond acceptors (Lipinski definition) is 7. The van der Waals surface area contributed by atoms with E-state index in [9.17, 15) is 4.79 Å². The smallest absolute Gasteiger partial charge is 0.348 e. The van der Waals surface area contributed by atoms with Crippen LogP contribution < -0.4 is 11.0 Å². The molecule has 18 heavy (non-hydrogen) atoms. The number of hydrogen-bond donors (Lipinski definition) is 5. The Morgan fingerprint density at radius 3 is 2.61 bits per heavy atom. The molecule has 0 saturated carbocycles. The van der Waals surface area contributed by atoms with E-state index in [1.54, 1.807) is 0 Å². The zero-order valence-corrected chi connectivity index (χ0v) is 9.37. The van der Waals surface area contributed by atoms with E-state index in [0.29, 0.717) is 5.65 Å². The third-order valence-electron chi connectivity index (χ3n) is 2.61. The second-order valence-corrected chi connectivity index (χ2v) is 3.91. The Hall–Kier alpha value is -1.97. The summed E-state index contributed by atoms with van der Waals surface area (Å²) in [6, 6.07) is 1.45. The van der Waals surface area contributed by atoms with Crippen molar-refractivity contribution in [3.05, 3.63) is 22.9 Å². The van der Waals surface area contributed by atoms with Crippen LogP contribution in [0.3, 0.4) is 0 Å². The molecule has 9 heteroatoms. The molecule has 0 spiro atoms. The highest BCUT2D eigenvalue weighted by atomic mass is 16.3. The van der Waals surface area contributed by atoms with Crippen molar-refractivity contribution in [2.75, 3.05) is 25.1 Å². The maximum atomic E-state index is 11.2. The Bertz CT molecular complexity index is 580. The van der Waals surface area contributed by atoms with Gasteiger partial charge in [0.1, 0.15) is 17.7 Å². The van der Waals surface area contributed by atoms with Crippen molar-refractivity contribution in [2.45, 2.75) is 5.54 Å². The van der Waals surface area contributed by atoms with Gasteiger partial charge in [-0.05, 0) is 0 Å². The summed E-state index contributed by atoms with van der Waals surface area (Å²) in [4.78, 5) is 15.1. The van der Waals surface area contributed by atoms with Gasteiger partial charge in [0.15, 0.2) is 5.65 Å². The number of nitrogens with zero attached hydrogens (tertiary/aromatic N) is 3. The number of anilines is 1. The minimum atomic E-state index is -1.28. The van der Waals surface area contributed by atoms with Crippen LogP contribution in [0.4, 0.5) is 5.82 Å². The summed E-state index contributed by atoms with van der Waals surface area (Å²) in [5.74, 6) is 0.277. The first-order chi connectivity index (χ1) is 8.64. The summed E-state index contributed by atoms with van der Waals surface area (Å²) >= 11 is 0. The van der Waals surface area contributed by atoms with Crippen LogP contribution in [-0.4, -0.2) is 60.3 Å². The third-order valence-corrected chi connectivity index (χ3v) is 2.61. The second kappa shape index (κ2) is 4.72. The molecule has 98 valence electrons. The van der Waals surface area contributed by atoms with Gasteiger partial charge in [0.2, 0.25) is 0 Å². The van der Waals surface area contributed by atoms with Crippen LogP contribution in [-0.2, 0) is 0 Å². The quantitative estimate of drug-likeness (QED) is 0.400. The molecule has 2 aromatic heterocycles. The lowest BCUT2D eigenvalue weighted by atomic mass is 10.0. The van der Waals surface area contributed by atoms with Gasteiger partial charge in [0.25, 0.3) is 0 Å². The summed E-state index contributed by atoms with van der Waals surface area (Å²) in [5.41, 5.74) is -1.36. The van der Waals surface area contributed by atoms with Crippen LogP contribution >= 0.6 is 0 Å². The number of rotatable bonds is 5. The lowest BCUT2D eigenvalue weighted by Crippen LogP contribution is -2.49. The maximum Gasteiger partial charge on any atom is 0.348 e. The Labute approximate surface area is 101 Å². The summed E-state index contributed by atoms with van der Waals surface area (Å²) in [7, 11) is 0. The van der Waals surface area contributed by atoms with E-state index in [1.807, 2.05) is 0 Å². The lowest BCUT2D eigenvalue weighted by Gasteiger charge is -2.29. The molecule has 2 heterocycles. The predicted molar refractivity (Wildman–Crippen MR) is 61.2 cm³/mol. The molecule has 0 aliphatic rings. The van der Waals surface area contributed by atoms with Gasteiger partial charge in [-0.1, -0.05) is 0 Å². The average molecular weight is 255 g/mol. The first kappa shape index (κ1) is 12.5. The highest BCUT2D eigenvalue weighted by molar-refractivity contribution is 5.49. The zero-order valence-electron chi connectivity index (χ0n) is 9.37. The highest BCUT2D eigenvalue weighted by Crippen LogP contribution is 2.13. The lowest BCUT2D eigenvalue weighted by molar-refractivity contribution is 0.0831. The molecule has 0 aliphatic carbocycles. The SMILES string of the molecule is O=c1[nH]nc2cc(NC(CO)(CO)CO)ncn12. The summed E-state index contributed by atoms with van der Waals surface area (Å²) in [5, 5.41) is 36.2. The maximum absolute atomic E-state index is 11.2. The van der Waals surface area contributed by atoms with Crippen molar-refractivity contribution < 1.29 is 15.3 Å². The van der Waals surface area contributed by atoms with E-state index in [2.05, 4.69) is 20.5 Å². The standard InChI is InChI=1S/C9H13N5O4/c15-2-9(3-16,4-17)11-6-1-7-12-13-8(18)14(7)5-10-6/h1,5,11,15-17H,2-4H2,(H,13,18). The molecular formula is C9H13N5O4. The van der Waals surface area contributed by atoms with Gasteiger partial charge < -0.3 is 20.6 Å². The number of H-pyrrole nitrogens is 1. The van der Waals surface area contributed by atoms with Crippen LogP contribution in [0.25, 0.3) is 5.65 Å². The largest absolute Gasteiger partial charge is 0.394 e. The summed E-state index contributed by atoms with van der Waals surface area (Å²) in [6.45, 7) is -1.42. The van der Waals surface area contributed by atoms with Gasteiger partial charge in [0, 0.05) is 6.07 Å². The molecule has 2 rings (SSSR count). The molecule has 0 fully saturated rings. The molecule has 0 aliphatic heterocycles. The normalized spacial score (nSPS) is 11.9. The molecule has 0 radical (unpaired) electrons. The molecule has 0 saturated heterocycles. The van der Waals surface area contributed by atoms with Crippen molar-refractivity contribution in [3.63, 3.8) is 0 Å². The number of nitrogens with one attached hydrogen (secondary N) is 2. The van der Waals surface area contributed by atoms with E-state index in [4.69, 9.17) is 15.3 Å².